The number of nitrogens with one attached hydrogen (secondary N) is 1. The van der Waals surface area contributed by atoms with Gasteiger partial charge in [-0.2, -0.15) is 0 Å². The summed E-state index contributed by atoms with van der Waals surface area (Å²) in [6.45, 7) is 1.37. The van der Waals surface area contributed by atoms with E-state index in [1.807, 2.05) is 10.8 Å². The number of carbonyl (C=O) groups is 2. The number of amides is 1. The molecule has 0 aliphatic heterocycles. The van der Waals surface area contributed by atoms with Gasteiger partial charge in [0.25, 0.3) is 0 Å². The normalized spacial score (nSPS) is 22.4. The first-order chi connectivity index (χ1) is 9.68. The van der Waals surface area contributed by atoms with Crippen molar-refractivity contribution in [1.29, 1.82) is 0 Å². The summed E-state index contributed by atoms with van der Waals surface area (Å²) < 4.78 is 1.95. The lowest BCUT2D eigenvalue weighted by molar-refractivity contribution is -0.148. The molecule has 1 aromatic rings. The molecule has 2 atom stereocenters. The first-order valence-electron chi connectivity index (χ1n) is 7.14. The average molecular weight is 279 g/mol. The van der Waals surface area contributed by atoms with Crippen LogP contribution in [-0.4, -0.2) is 33.1 Å². The molecule has 0 spiro atoms. The topological polar surface area (TPSA) is 84.2 Å². The maximum absolute atomic E-state index is 12.1. The van der Waals surface area contributed by atoms with Gasteiger partial charge in [-0.05, 0) is 19.3 Å². The third-order valence-electron chi connectivity index (χ3n) is 3.87. The van der Waals surface area contributed by atoms with Crippen LogP contribution in [0.4, 0.5) is 0 Å². The fourth-order valence-electron chi connectivity index (χ4n) is 2.76. The van der Waals surface area contributed by atoms with Crippen LogP contribution in [0.3, 0.4) is 0 Å². The van der Waals surface area contributed by atoms with Crippen LogP contribution in [0.15, 0.2) is 18.7 Å². The molecule has 1 aliphatic rings. The average Bonchev–Trinajstić information content (AvgIpc) is 2.96. The lowest BCUT2D eigenvalue weighted by Crippen LogP contribution is -2.40. The second-order valence-corrected chi connectivity index (χ2v) is 5.28. The van der Waals surface area contributed by atoms with Gasteiger partial charge in [-0.15, -0.1) is 0 Å². The third kappa shape index (κ3) is 3.82. The predicted molar refractivity (Wildman–Crippen MR) is 72.9 cm³/mol. The minimum absolute atomic E-state index is 0.109. The number of carbonyl (C=O) groups excluding carboxylic acids is 1. The summed E-state index contributed by atoms with van der Waals surface area (Å²) in [5.41, 5.74) is 0. The monoisotopic (exact) mass is 279 g/mol. The number of carboxylic acids is 1. The van der Waals surface area contributed by atoms with Crippen LogP contribution in [0.2, 0.25) is 0 Å². The highest BCUT2D eigenvalue weighted by atomic mass is 16.4. The van der Waals surface area contributed by atoms with E-state index >= 15 is 0 Å². The Morgan fingerprint density at radius 1 is 1.30 bits per heavy atom. The van der Waals surface area contributed by atoms with Gasteiger partial charge in [0.15, 0.2) is 0 Å². The second kappa shape index (κ2) is 7.07. The third-order valence-corrected chi connectivity index (χ3v) is 3.87. The van der Waals surface area contributed by atoms with Crippen LogP contribution in [0, 0.1) is 11.8 Å². The molecule has 0 radical (unpaired) electrons. The van der Waals surface area contributed by atoms with Crippen molar-refractivity contribution in [3.8, 4) is 0 Å². The summed E-state index contributed by atoms with van der Waals surface area (Å²) in [7, 11) is 0. The molecule has 6 heteroatoms. The van der Waals surface area contributed by atoms with Gasteiger partial charge in [-0.25, -0.2) is 4.98 Å². The molecule has 0 bridgehead atoms. The largest absolute Gasteiger partial charge is 0.481 e. The van der Waals surface area contributed by atoms with E-state index in [0.717, 1.165) is 25.8 Å². The second-order valence-electron chi connectivity index (χ2n) is 5.28. The van der Waals surface area contributed by atoms with Crippen molar-refractivity contribution in [2.24, 2.45) is 11.8 Å². The van der Waals surface area contributed by atoms with Crippen molar-refractivity contribution in [2.75, 3.05) is 6.54 Å². The molecule has 1 aliphatic carbocycles. The molecule has 6 nitrogen and oxygen atoms in total. The standard InChI is InChI=1S/C14H21N3O3/c18-13(11-4-1-2-5-12(11)14(19)20)16-6-3-8-17-9-7-15-10-17/h7,9-12H,1-6,8H2,(H,16,18)(H,19,20)/t11-,12-/m1/s1. The van der Waals surface area contributed by atoms with E-state index in [9.17, 15) is 9.59 Å². The van der Waals surface area contributed by atoms with Crippen LogP contribution >= 0.6 is 0 Å². The van der Waals surface area contributed by atoms with Crippen molar-refractivity contribution in [1.82, 2.24) is 14.9 Å². The Hall–Kier alpha value is -1.85. The highest BCUT2D eigenvalue weighted by Crippen LogP contribution is 2.30. The number of aromatic nitrogens is 2. The van der Waals surface area contributed by atoms with E-state index in [1.54, 1.807) is 12.5 Å². The molecule has 110 valence electrons. The highest BCUT2D eigenvalue weighted by molar-refractivity contribution is 5.84. The number of hydrogen-bond donors (Lipinski definition) is 2. The number of aliphatic carboxylic acids is 1. The molecule has 1 saturated carbocycles. The van der Waals surface area contributed by atoms with Crippen molar-refractivity contribution in [3.05, 3.63) is 18.7 Å². The minimum atomic E-state index is -0.844. The Bertz CT molecular complexity index is 445. The predicted octanol–water partition coefficient (Wildman–Crippen LogP) is 1.28. The number of carboxylic acid groups (broad SMARTS) is 1. The fraction of sp³-hybridized carbons (Fsp3) is 0.643. The molecular weight excluding hydrogens is 258 g/mol. The molecule has 1 fully saturated rings. The minimum Gasteiger partial charge on any atom is -0.481 e. The van der Waals surface area contributed by atoms with Crippen molar-refractivity contribution in [3.63, 3.8) is 0 Å². The maximum atomic E-state index is 12.1. The SMILES string of the molecule is O=C(O)[C@@H]1CCCC[C@H]1C(=O)NCCCn1ccnc1. The number of aryl methyl sites for hydroxylation is 1. The van der Waals surface area contributed by atoms with E-state index in [1.165, 1.54) is 0 Å². The Kier molecular flexibility index (Phi) is 5.15. The van der Waals surface area contributed by atoms with Crippen LogP contribution in [-0.2, 0) is 16.1 Å². The van der Waals surface area contributed by atoms with Gasteiger partial charge in [0, 0.05) is 25.5 Å². The first kappa shape index (κ1) is 14.6. The summed E-state index contributed by atoms with van der Waals surface area (Å²) in [5, 5.41) is 12.0. The van der Waals surface area contributed by atoms with Gasteiger partial charge in [0.05, 0.1) is 18.2 Å². The molecule has 0 aromatic carbocycles. The van der Waals surface area contributed by atoms with Gasteiger partial charge in [-0.3, -0.25) is 9.59 Å². The maximum Gasteiger partial charge on any atom is 0.307 e. The van der Waals surface area contributed by atoms with Crippen LogP contribution < -0.4 is 5.32 Å². The molecule has 2 N–H and O–H groups in total. The fourth-order valence-corrected chi connectivity index (χ4v) is 2.76. The summed E-state index contributed by atoms with van der Waals surface area (Å²) in [5.74, 6) is -1.84. The summed E-state index contributed by atoms with van der Waals surface area (Å²) >= 11 is 0. The first-order valence-corrected chi connectivity index (χ1v) is 7.14. The van der Waals surface area contributed by atoms with Crippen molar-refractivity contribution >= 4 is 11.9 Å². The summed E-state index contributed by atoms with van der Waals surface area (Å²) in [6, 6.07) is 0. The zero-order valence-corrected chi connectivity index (χ0v) is 11.5. The van der Waals surface area contributed by atoms with Gasteiger partial charge in [0.2, 0.25) is 5.91 Å². The van der Waals surface area contributed by atoms with Gasteiger partial charge < -0.3 is 15.0 Å². The molecule has 20 heavy (non-hydrogen) atoms. The molecule has 1 heterocycles. The van der Waals surface area contributed by atoms with Gasteiger partial charge >= 0.3 is 5.97 Å². The highest BCUT2D eigenvalue weighted by Gasteiger charge is 2.35. The van der Waals surface area contributed by atoms with Crippen LogP contribution in [0.25, 0.3) is 0 Å². The molecule has 1 aromatic heterocycles. The van der Waals surface area contributed by atoms with E-state index in [4.69, 9.17) is 5.11 Å². The molecule has 1 amide bonds. The Balaban J connectivity index is 1.74. The van der Waals surface area contributed by atoms with E-state index in [-0.39, 0.29) is 11.8 Å². The Labute approximate surface area is 118 Å². The Morgan fingerprint density at radius 3 is 2.70 bits per heavy atom. The quantitative estimate of drug-likeness (QED) is 0.768. The molecule has 2 rings (SSSR count). The van der Waals surface area contributed by atoms with E-state index in [2.05, 4.69) is 10.3 Å². The number of hydrogen-bond acceptors (Lipinski definition) is 3. The van der Waals surface area contributed by atoms with Crippen molar-refractivity contribution < 1.29 is 14.7 Å². The molecule has 0 saturated heterocycles. The molecular formula is C14H21N3O3. The number of rotatable bonds is 6. The summed E-state index contributed by atoms with van der Waals surface area (Å²) in [4.78, 5) is 27.2. The number of nitrogens with zero attached hydrogens (tertiary/aromatic N) is 2. The number of imidazole rings is 1. The van der Waals surface area contributed by atoms with Gasteiger partial charge in [0.1, 0.15) is 0 Å². The van der Waals surface area contributed by atoms with Crippen molar-refractivity contribution in [2.45, 2.75) is 38.6 Å². The summed E-state index contributed by atoms with van der Waals surface area (Å²) in [6.07, 6.45) is 9.29. The zero-order valence-electron chi connectivity index (χ0n) is 11.5. The zero-order chi connectivity index (χ0) is 14.4. The lowest BCUT2D eigenvalue weighted by Gasteiger charge is -2.27. The Morgan fingerprint density at radius 2 is 2.05 bits per heavy atom. The van der Waals surface area contributed by atoms with Gasteiger partial charge in [-0.1, -0.05) is 12.8 Å². The molecule has 0 unspecified atom stereocenters. The van der Waals surface area contributed by atoms with E-state index in [0.29, 0.717) is 19.4 Å². The van der Waals surface area contributed by atoms with Crippen LogP contribution in [0.1, 0.15) is 32.1 Å². The van der Waals surface area contributed by atoms with E-state index < -0.39 is 11.9 Å². The van der Waals surface area contributed by atoms with Crippen LogP contribution in [0.5, 0.6) is 0 Å². The lowest BCUT2D eigenvalue weighted by atomic mass is 9.79. The smallest absolute Gasteiger partial charge is 0.307 e.